The van der Waals surface area contributed by atoms with E-state index in [0.717, 1.165) is 10.8 Å². The third-order valence-corrected chi connectivity index (χ3v) is 5.12. The molecule has 0 atom stereocenters. The van der Waals surface area contributed by atoms with Crippen molar-refractivity contribution in [1.82, 2.24) is 9.62 Å². The number of sulfonamides is 1. The van der Waals surface area contributed by atoms with Crippen molar-refractivity contribution in [3.8, 4) is 6.07 Å². The highest BCUT2D eigenvalue weighted by molar-refractivity contribution is 7.89. The van der Waals surface area contributed by atoms with Crippen LogP contribution in [0.1, 0.15) is 13.3 Å². The zero-order valence-corrected chi connectivity index (χ0v) is 14.2. The van der Waals surface area contributed by atoms with Gasteiger partial charge in [0.2, 0.25) is 15.9 Å². The van der Waals surface area contributed by atoms with Crippen molar-refractivity contribution in [3.63, 3.8) is 0 Å². The maximum absolute atomic E-state index is 12.3. The lowest BCUT2D eigenvalue weighted by Crippen LogP contribution is -2.34. The molecule has 0 aliphatic carbocycles. The Labute approximate surface area is 141 Å². The Balaban J connectivity index is 2.02. The summed E-state index contributed by atoms with van der Waals surface area (Å²) in [6.45, 7) is 2.20. The van der Waals surface area contributed by atoms with Gasteiger partial charge in [-0.25, -0.2) is 13.1 Å². The lowest BCUT2D eigenvalue weighted by atomic mass is 10.1. The van der Waals surface area contributed by atoms with E-state index in [2.05, 4.69) is 4.72 Å². The number of nitriles is 1. The Morgan fingerprint density at radius 2 is 1.92 bits per heavy atom. The van der Waals surface area contributed by atoms with Crippen LogP contribution in [0.15, 0.2) is 47.4 Å². The van der Waals surface area contributed by atoms with Gasteiger partial charge in [-0.05, 0) is 29.8 Å². The van der Waals surface area contributed by atoms with Crippen LogP contribution < -0.4 is 4.72 Å². The molecule has 1 N–H and O–H groups in total. The zero-order valence-electron chi connectivity index (χ0n) is 13.4. The standard InChI is InChI=1S/C17H19N3O3S/c1-2-20(12-10-18)17(21)9-11-19-24(22,23)16-8-7-14-5-3-4-6-15(14)13-16/h3-8,13,19H,2,9,11-12H2,1H3. The molecule has 0 heterocycles. The van der Waals surface area contributed by atoms with Gasteiger partial charge in [0.25, 0.3) is 0 Å². The van der Waals surface area contributed by atoms with Crippen LogP contribution in [-0.2, 0) is 14.8 Å². The van der Waals surface area contributed by atoms with Gasteiger partial charge in [-0.15, -0.1) is 0 Å². The van der Waals surface area contributed by atoms with Crippen molar-refractivity contribution in [3.05, 3.63) is 42.5 Å². The van der Waals surface area contributed by atoms with E-state index in [1.807, 2.05) is 30.3 Å². The second kappa shape index (κ2) is 7.90. The number of amides is 1. The van der Waals surface area contributed by atoms with Crippen molar-refractivity contribution in [1.29, 1.82) is 5.26 Å². The molecule has 7 heteroatoms. The number of nitrogens with zero attached hydrogens (tertiary/aromatic N) is 2. The van der Waals surface area contributed by atoms with Crippen LogP contribution >= 0.6 is 0 Å². The minimum absolute atomic E-state index is 0.00405. The number of hydrogen-bond donors (Lipinski definition) is 1. The minimum atomic E-state index is -3.68. The molecule has 0 unspecified atom stereocenters. The zero-order chi connectivity index (χ0) is 17.6. The van der Waals surface area contributed by atoms with Gasteiger partial charge in [0, 0.05) is 19.5 Å². The summed E-state index contributed by atoms with van der Waals surface area (Å²) in [5, 5.41) is 10.4. The van der Waals surface area contributed by atoms with Crippen LogP contribution in [0.5, 0.6) is 0 Å². The van der Waals surface area contributed by atoms with Crippen molar-refractivity contribution < 1.29 is 13.2 Å². The first-order chi connectivity index (χ1) is 11.5. The van der Waals surface area contributed by atoms with Crippen LogP contribution in [0, 0.1) is 11.3 Å². The molecule has 0 aliphatic rings. The Morgan fingerprint density at radius 3 is 2.58 bits per heavy atom. The summed E-state index contributed by atoms with van der Waals surface area (Å²) in [6, 6.07) is 14.3. The SMILES string of the molecule is CCN(CC#N)C(=O)CCNS(=O)(=O)c1ccc2ccccc2c1. The van der Waals surface area contributed by atoms with E-state index < -0.39 is 10.0 Å². The van der Waals surface area contributed by atoms with Crippen molar-refractivity contribution in [2.24, 2.45) is 0 Å². The highest BCUT2D eigenvalue weighted by Crippen LogP contribution is 2.18. The molecule has 0 bridgehead atoms. The Hall–Kier alpha value is -2.43. The van der Waals surface area contributed by atoms with Crippen molar-refractivity contribution >= 4 is 26.7 Å². The van der Waals surface area contributed by atoms with Gasteiger partial charge >= 0.3 is 0 Å². The van der Waals surface area contributed by atoms with E-state index in [9.17, 15) is 13.2 Å². The molecule has 2 rings (SSSR count). The van der Waals surface area contributed by atoms with E-state index in [0.29, 0.717) is 6.54 Å². The summed E-state index contributed by atoms with van der Waals surface area (Å²) < 4.78 is 27.1. The molecule has 0 saturated carbocycles. The van der Waals surface area contributed by atoms with Gasteiger partial charge in [-0.3, -0.25) is 4.79 Å². The summed E-state index contributed by atoms with van der Waals surface area (Å²) >= 11 is 0. The molecule has 24 heavy (non-hydrogen) atoms. The van der Waals surface area contributed by atoms with E-state index in [-0.39, 0.29) is 30.3 Å². The van der Waals surface area contributed by atoms with E-state index in [1.165, 1.54) is 4.90 Å². The molecular formula is C17H19N3O3S. The fourth-order valence-corrected chi connectivity index (χ4v) is 3.40. The molecule has 2 aromatic rings. The molecule has 0 aliphatic heterocycles. The fourth-order valence-electron chi connectivity index (χ4n) is 2.33. The first-order valence-electron chi connectivity index (χ1n) is 7.61. The first-order valence-corrected chi connectivity index (χ1v) is 9.09. The number of benzene rings is 2. The normalized spacial score (nSPS) is 11.2. The predicted molar refractivity (Wildman–Crippen MR) is 91.6 cm³/mol. The van der Waals surface area contributed by atoms with Crippen LogP contribution in [0.4, 0.5) is 0 Å². The number of carbonyl (C=O) groups is 1. The summed E-state index contributed by atoms with van der Waals surface area (Å²) in [6.07, 6.45) is 0.0162. The van der Waals surface area contributed by atoms with Gasteiger partial charge < -0.3 is 4.90 Å². The molecule has 126 valence electrons. The van der Waals surface area contributed by atoms with Gasteiger partial charge in [-0.1, -0.05) is 30.3 Å². The molecule has 0 fully saturated rings. The minimum Gasteiger partial charge on any atom is -0.330 e. The Morgan fingerprint density at radius 1 is 1.21 bits per heavy atom. The lowest BCUT2D eigenvalue weighted by Gasteiger charge is -2.17. The highest BCUT2D eigenvalue weighted by atomic mass is 32.2. The fraction of sp³-hybridized carbons (Fsp3) is 0.294. The molecule has 0 radical (unpaired) electrons. The smallest absolute Gasteiger partial charge is 0.240 e. The summed E-state index contributed by atoms with van der Waals surface area (Å²) in [4.78, 5) is 13.4. The average molecular weight is 345 g/mol. The largest absolute Gasteiger partial charge is 0.330 e. The van der Waals surface area contributed by atoms with Gasteiger partial charge in [0.15, 0.2) is 0 Å². The van der Waals surface area contributed by atoms with Crippen LogP contribution in [0.25, 0.3) is 10.8 Å². The van der Waals surface area contributed by atoms with Crippen LogP contribution in [-0.4, -0.2) is 38.9 Å². The highest BCUT2D eigenvalue weighted by Gasteiger charge is 2.16. The Kier molecular flexibility index (Phi) is 5.90. The van der Waals surface area contributed by atoms with Crippen LogP contribution in [0.2, 0.25) is 0 Å². The molecule has 0 saturated heterocycles. The molecular weight excluding hydrogens is 326 g/mol. The number of rotatable bonds is 7. The number of nitrogens with one attached hydrogen (secondary N) is 1. The second-order valence-electron chi connectivity index (χ2n) is 5.22. The molecule has 1 amide bonds. The van der Waals surface area contributed by atoms with E-state index in [1.54, 1.807) is 25.1 Å². The van der Waals surface area contributed by atoms with Crippen LogP contribution in [0.3, 0.4) is 0 Å². The monoisotopic (exact) mass is 345 g/mol. The second-order valence-corrected chi connectivity index (χ2v) is 6.99. The van der Waals surface area contributed by atoms with Gasteiger partial charge in [0.1, 0.15) is 6.54 Å². The lowest BCUT2D eigenvalue weighted by molar-refractivity contribution is -0.130. The number of fused-ring (bicyclic) bond motifs is 1. The average Bonchev–Trinajstić information content (AvgIpc) is 2.58. The molecule has 2 aromatic carbocycles. The Bertz CT molecular complexity index is 872. The third-order valence-electron chi connectivity index (χ3n) is 3.66. The van der Waals surface area contributed by atoms with E-state index >= 15 is 0 Å². The third kappa shape index (κ3) is 4.31. The predicted octanol–water partition coefficient (Wildman–Crippen LogP) is 1.88. The summed E-state index contributed by atoms with van der Waals surface area (Å²) in [7, 11) is -3.68. The number of hydrogen-bond acceptors (Lipinski definition) is 4. The quantitative estimate of drug-likeness (QED) is 0.776. The summed E-state index contributed by atoms with van der Waals surface area (Å²) in [5.41, 5.74) is 0. The molecule has 0 spiro atoms. The van der Waals surface area contributed by atoms with Gasteiger partial charge in [-0.2, -0.15) is 5.26 Å². The number of carbonyl (C=O) groups excluding carboxylic acids is 1. The van der Waals surface area contributed by atoms with Gasteiger partial charge in [0.05, 0.1) is 11.0 Å². The molecule has 6 nitrogen and oxygen atoms in total. The topological polar surface area (TPSA) is 90.3 Å². The maximum atomic E-state index is 12.3. The molecule has 0 aromatic heterocycles. The van der Waals surface area contributed by atoms with Crippen molar-refractivity contribution in [2.75, 3.05) is 19.6 Å². The maximum Gasteiger partial charge on any atom is 0.240 e. The van der Waals surface area contributed by atoms with Crippen molar-refractivity contribution in [2.45, 2.75) is 18.2 Å². The first kappa shape index (κ1) is 17.9. The summed E-state index contributed by atoms with van der Waals surface area (Å²) in [5.74, 6) is -0.250. The van der Waals surface area contributed by atoms with E-state index in [4.69, 9.17) is 5.26 Å².